The molecule has 0 aliphatic carbocycles. The number of nitrogens with zero attached hydrogens (tertiary/aromatic N) is 5. The molecule has 0 unspecified atom stereocenters. The number of amides is 4. The Morgan fingerprint density at radius 1 is 0.873 bits per heavy atom. The monoisotopic (exact) mass is 768 g/mol. The minimum Gasteiger partial charge on any atom is -0.453 e. The summed E-state index contributed by atoms with van der Waals surface area (Å²) in [5.41, 5.74) is 4.72. The summed E-state index contributed by atoms with van der Waals surface area (Å²) in [5, 5.41) is 8.41. The second kappa shape index (κ2) is 15.8. The Balaban J connectivity index is 1.06. The number of rotatable bonds is 10. The number of hydrogen-bond acceptors (Lipinski definition) is 10. The molecule has 4 atom stereocenters. The Hall–Kier alpha value is -5.31. The van der Waals surface area contributed by atoms with Gasteiger partial charge in [0.25, 0.3) is 0 Å². The molecule has 0 radical (unpaired) electrons. The maximum absolute atomic E-state index is 13.6. The largest absolute Gasteiger partial charge is 0.453 e. The number of likely N-dealkylation sites (tertiary alicyclic amines) is 2. The van der Waals surface area contributed by atoms with Gasteiger partial charge in [-0.3, -0.25) is 14.6 Å². The Morgan fingerprint density at radius 3 is 2.15 bits per heavy atom. The highest BCUT2D eigenvalue weighted by Gasteiger charge is 2.39. The van der Waals surface area contributed by atoms with Gasteiger partial charge in [-0.2, -0.15) is 0 Å². The zero-order valence-electron chi connectivity index (χ0n) is 32.0. The van der Waals surface area contributed by atoms with Crippen molar-refractivity contribution in [2.24, 2.45) is 16.8 Å². The molecule has 3 N–H and O–H groups in total. The second-order valence-electron chi connectivity index (χ2n) is 15.1. The average Bonchev–Trinajstić information content (AvgIpc) is 4.03. The summed E-state index contributed by atoms with van der Waals surface area (Å²) in [6, 6.07) is 8.77. The molecule has 290 valence electrons. The first-order valence-corrected chi connectivity index (χ1v) is 19.7. The molecule has 55 heavy (non-hydrogen) atoms. The molecule has 2 fully saturated rings. The van der Waals surface area contributed by atoms with Crippen LogP contribution >= 0.6 is 11.3 Å². The van der Waals surface area contributed by atoms with E-state index in [4.69, 9.17) is 24.4 Å². The van der Waals surface area contributed by atoms with Gasteiger partial charge in [-0.05, 0) is 55.0 Å². The number of methoxy groups -OCH3 is 2. The number of fused-ring (bicyclic) bond motifs is 3. The quantitative estimate of drug-likeness (QED) is 0.166. The van der Waals surface area contributed by atoms with Gasteiger partial charge in [-0.25, -0.2) is 19.6 Å². The minimum absolute atomic E-state index is 0.0975. The highest BCUT2D eigenvalue weighted by molar-refractivity contribution is 7.19. The molecule has 2 aromatic carbocycles. The van der Waals surface area contributed by atoms with E-state index < -0.39 is 24.3 Å². The van der Waals surface area contributed by atoms with Crippen molar-refractivity contribution in [2.75, 3.05) is 27.3 Å². The third-order valence-corrected chi connectivity index (χ3v) is 12.0. The molecule has 4 aromatic rings. The molecule has 0 spiro atoms. The first kappa shape index (κ1) is 38.0. The predicted octanol–water partition coefficient (Wildman–Crippen LogP) is 6.44. The van der Waals surface area contributed by atoms with Crippen molar-refractivity contribution in [1.29, 1.82) is 0 Å². The summed E-state index contributed by atoms with van der Waals surface area (Å²) >= 11 is 1.63. The first-order valence-electron chi connectivity index (χ1n) is 18.9. The van der Waals surface area contributed by atoms with Crippen molar-refractivity contribution in [2.45, 2.75) is 84.0 Å². The topological polar surface area (TPSA) is 171 Å². The summed E-state index contributed by atoms with van der Waals surface area (Å²) in [6.45, 7) is 8.83. The number of aromatic amines is 1. The van der Waals surface area contributed by atoms with E-state index in [1.54, 1.807) is 11.3 Å². The number of hydrogen-bond donors (Lipinski definition) is 3. The van der Waals surface area contributed by atoms with Crippen LogP contribution in [-0.2, 0) is 19.1 Å². The number of carbonyl (C=O) groups excluding carboxylic acids is 4. The molecule has 14 nitrogen and oxygen atoms in total. The number of carbonyl (C=O) groups is 4. The van der Waals surface area contributed by atoms with Crippen molar-refractivity contribution >= 4 is 67.6 Å². The van der Waals surface area contributed by atoms with E-state index in [0.717, 1.165) is 80.0 Å². The van der Waals surface area contributed by atoms with E-state index in [0.29, 0.717) is 19.5 Å². The smallest absolute Gasteiger partial charge is 0.407 e. The molecule has 4 amide bonds. The van der Waals surface area contributed by atoms with Gasteiger partial charge < -0.3 is 34.9 Å². The van der Waals surface area contributed by atoms with Gasteiger partial charge in [-0.15, -0.1) is 11.3 Å². The third kappa shape index (κ3) is 7.53. The number of aliphatic imine (C=N–C) groups is 1. The van der Waals surface area contributed by atoms with Gasteiger partial charge >= 0.3 is 12.2 Å². The zero-order chi connectivity index (χ0) is 39.0. The lowest BCUT2D eigenvalue weighted by Gasteiger charge is -2.31. The predicted molar refractivity (Wildman–Crippen MR) is 211 cm³/mol. The molecule has 3 aliphatic rings. The van der Waals surface area contributed by atoms with Crippen LogP contribution in [0.3, 0.4) is 0 Å². The van der Waals surface area contributed by atoms with E-state index in [1.807, 2.05) is 49.9 Å². The maximum atomic E-state index is 13.6. The van der Waals surface area contributed by atoms with Gasteiger partial charge in [0.1, 0.15) is 22.9 Å². The van der Waals surface area contributed by atoms with E-state index in [1.165, 1.54) is 14.2 Å². The van der Waals surface area contributed by atoms with E-state index in [2.05, 4.69) is 45.9 Å². The highest BCUT2D eigenvalue weighted by Crippen LogP contribution is 2.38. The Kier molecular flexibility index (Phi) is 10.9. The fourth-order valence-electron chi connectivity index (χ4n) is 7.91. The van der Waals surface area contributed by atoms with Crippen LogP contribution in [0.4, 0.5) is 9.59 Å². The standard InChI is InChI=1S/C40H48N8O6S/c1-21(2)32(45-39(51)53-5)37(49)47-15-7-9-29(47)27-18-25(19-41-27)36-44-34-26-13-11-24(17-23(26)12-14-31(34)55-36)28-20-42-35(43-28)30-10-8-16-48(30)38(50)33(22(3)4)46-40(52)54-6/h11-14,17,19-22,29-30,32-33H,7-10,15-16,18H2,1-6H3,(H,42,43)(H,45,51)(H,46,52)/t29-,30-,32-,33-/m0/s1. The van der Waals surface area contributed by atoms with Crippen molar-refractivity contribution in [3.05, 3.63) is 53.6 Å². The normalized spacial score (nSPS) is 19.6. The van der Waals surface area contributed by atoms with Gasteiger partial charge in [-0.1, -0.05) is 45.9 Å². The molecule has 3 aliphatic heterocycles. The molecule has 15 heteroatoms. The van der Waals surface area contributed by atoms with Gasteiger partial charge in [0.2, 0.25) is 11.8 Å². The van der Waals surface area contributed by atoms with Crippen molar-refractivity contribution in [3.8, 4) is 11.3 Å². The van der Waals surface area contributed by atoms with Gasteiger partial charge in [0.05, 0.1) is 48.4 Å². The number of imidazole rings is 1. The average molecular weight is 769 g/mol. The Labute approximate surface area is 323 Å². The zero-order valence-corrected chi connectivity index (χ0v) is 32.9. The molecule has 2 aromatic heterocycles. The molecular formula is C40H48N8O6S. The van der Waals surface area contributed by atoms with Crippen LogP contribution in [0, 0.1) is 11.8 Å². The Bertz CT molecular complexity index is 2190. The van der Waals surface area contributed by atoms with Gasteiger partial charge in [0.15, 0.2) is 0 Å². The summed E-state index contributed by atoms with van der Waals surface area (Å²) in [6.07, 6.45) is 6.37. The number of H-pyrrole nitrogens is 1. The fourth-order valence-corrected chi connectivity index (χ4v) is 8.90. The second-order valence-corrected chi connectivity index (χ2v) is 16.1. The van der Waals surface area contributed by atoms with Crippen LogP contribution in [0.5, 0.6) is 0 Å². The molecule has 0 bridgehead atoms. The van der Waals surface area contributed by atoms with Crippen LogP contribution < -0.4 is 10.6 Å². The molecule has 2 saturated heterocycles. The summed E-state index contributed by atoms with van der Waals surface area (Å²) in [5.74, 6) is 0.252. The number of nitrogens with one attached hydrogen (secondary N) is 3. The van der Waals surface area contributed by atoms with Crippen LogP contribution in [-0.4, -0.2) is 99.9 Å². The number of allylic oxidation sites excluding steroid dienone is 1. The summed E-state index contributed by atoms with van der Waals surface area (Å²) in [4.78, 5) is 73.0. The van der Waals surface area contributed by atoms with Crippen LogP contribution in [0.15, 0.2) is 47.7 Å². The minimum atomic E-state index is -0.695. The lowest BCUT2D eigenvalue weighted by molar-refractivity contribution is -0.135. The van der Waals surface area contributed by atoms with Crippen molar-refractivity contribution in [3.63, 3.8) is 0 Å². The van der Waals surface area contributed by atoms with Crippen molar-refractivity contribution < 1.29 is 28.7 Å². The number of aromatic nitrogens is 3. The fraction of sp³-hybridized carbons (Fsp3) is 0.475. The summed E-state index contributed by atoms with van der Waals surface area (Å²) in [7, 11) is 2.59. The molecule has 0 saturated carbocycles. The molecule has 7 rings (SSSR count). The number of benzene rings is 2. The lowest BCUT2D eigenvalue weighted by atomic mass is 10.00. The first-order chi connectivity index (χ1) is 26.5. The third-order valence-electron chi connectivity index (χ3n) is 10.9. The lowest BCUT2D eigenvalue weighted by Crippen LogP contribution is -2.53. The van der Waals surface area contributed by atoms with E-state index in [-0.39, 0.29) is 35.7 Å². The Morgan fingerprint density at radius 2 is 1.51 bits per heavy atom. The van der Waals surface area contributed by atoms with Crippen molar-refractivity contribution in [1.82, 2.24) is 35.4 Å². The highest BCUT2D eigenvalue weighted by atomic mass is 32.1. The number of alkyl carbamates (subject to hydrolysis) is 2. The van der Waals surface area contributed by atoms with Crippen LogP contribution in [0.25, 0.3) is 37.8 Å². The van der Waals surface area contributed by atoms with Gasteiger partial charge in [0, 0.05) is 47.9 Å². The number of thiazole rings is 1. The van der Waals surface area contributed by atoms with Crippen LogP contribution in [0.1, 0.15) is 76.7 Å². The summed E-state index contributed by atoms with van der Waals surface area (Å²) < 4.78 is 10.6. The van der Waals surface area contributed by atoms with Crippen LogP contribution in [0.2, 0.25) is 0 Å². The maximum Gasteiger partial charge on any atom is 0.407 e. The van der Waals surface area contributed by atoms with E-state index in [9.17, 15) is 19.2 Å². The molecular weight excluding hydrogens is 721 g/mol. The number of ether oxygens (including phenoxy) is 2. The SMILES string of the molecule is COC(=O)N[C@H](C(=O)N1CCC[C@H]1C1=NC=C(c2nc3c(ccc4cc(-c5cnc([C@@H]6CCCN6C(=O)[C@@H](NC(=O)OC)C(C)C)[nH]5)ccc43)s2)C1)C(C)C. The van der Waals surface area contributed by atoms with E-state index >= 15 is 0 Å². The molecule has 5 heterocycles.